The molecule has 0 aliphatic carbocycles. The molecule has 100 valence electrons. The Morgan fingerprint density at radius 2 is 1.74 bits per heavy atom. The van der Waals surface area contributed by atoms with Crippen LogP contribution in [0.25, 0.3) is 0 Å². The van der Waals surface area contributed by atoms with Gasteiger partial charge in [0, 0.05) is 10.0 Å². The molecule has 0 amide bonds. The maximum absolute atomic E-state index is 13.0. The fourth-order valence-electron chi connectivity index (χ4n) is 1.77. The molecule has 5 heteroatoms. The molecule has 0 aliphatic heterocycles. The lowest BCUT2D eigenvalue weighted by Gasteiger charge is -2.18. The van der Waals surface area contributed by atoms with Gasteiger partial charge in [0.25, 0.3) is 0 Å². The van der Waals surface area contributed by atoms with Gasteiger partial charge in [0.1, 0.15) is 5.82 Å². The standard InChI is InChI=1S/C14H11Cl3FN/c1-8(11-4-3-10(18)7-13(11)17)19-14-6-9(15)2-5-12(14)16/h2-8,19H,1H3. The second-order valence-corrected chi connectivity index (χ2v) is 5.41. The molecule has 1 atom stereocenters. The van der Waals surface area contributed by atoms with Crippen molar-refractivity contribution in [3.05, 3.63) is 62.8 Å². The van der Waals surface area contributed by atoms with Crippen LogP contribution in [0.15, 0.2) is 36.4 Å². The number of rotatable bonds is 3. The van der Waals surface area contributed by atoms with E-state index in [9.17, 15) is 4.39 Å². The number of hydrogen-bond acceptors (Lipinski definition) is 1. The van der Waals surface area contributed by atoms with Crippen LogP contribution in [0, 0.1) is 5.82 Å². The Hall–Kier alpha value is -0.960. The lowest BCUT2D eigenvalue weighted by atomic mass is 10.1. The van der Waals surface area contributed by atoms with Gasteiger partial charge in [-0.15, -0.1) is 0 Å². The average Bonchev–Trinajstić information content (AvgIpc) is 2.33. The van der Waals surface area contributed by atoms with Crippen molar-refractivity contribution in [1.82, 2.24) is 0 Å². The van der Waals surface area contributed by atoms with Gasteiger partial charge in [-0.1, -0.05) is 40.9 Å². The van der Waals surface area contributed by atoms with Crippen LogP contribution in [0.1, 0.15) is 18.5 Å². The first-order chi connectivity index (χ1) is 8.97. The second-order valence-electron chi connectivity index (χ2n) is 4.16. The molecule has 2 aromatic rings. The van der Waals surface area contributed by atoms with E-state index >= 15 is 0 Å². The fourth-order valence-corrected chi connectivity index (χ4v) is 2.45. The topological polar surface area (TPSA) is 12.0 Å². The van der Waals surface area contributed by atoms with Crippen molar-refractivity contribution in [2.45, 2.75) is 13.0 Å². The van der Waals surface area contributed by atoms with E-state index in [2.05, 4.69) is 5.32 Å². The summed E-state index contributed by atoms with van der Waals surface area (Å²) in [7, 11) is 0. The quantitative estimate of drug-likeness (QED) is 0.736. The molecule has 0 radical (unpaired) electrons. The normalized spacial score (nSPS) is 12.3. The number of benzene rings is 2. The maximum atomic E-state index is 13.0. The Bertz CT molecular complexity index is 601. The third-order valence-electron chi connectivity index (χ3n) is 2.73. The minimum Gasteiger partial charge on any atom is -0.377 e. The molecule has 2 aromatic carbocycles. The first-order valence-electron chi connectivity index (χ1n) is 5.64. The van der Waals surface area contributed by atoms with Gasteiger partial charge < -0.3 is 5.32 Å². The summed E-state index contributed by atoms with van der Waals surface area (Å²) in [5, 5.41) is 4.73. The Kier molecular flexibility index (Phi) is 4.56. The van der Waals surface area contributed by atoms with E-state index in [1.54, 1.807) is 24.3 Å². The molecule has 0 saturated heterocycles. The molecule has 1 N–H and O–H groups in total. The summed E-state index contributed by atoms with van der Waals surface area (Å²) < 4.78 is 13.0. The zero-order chi connectivity index (χ0) is 14.0. The van der Waals surface area contributed by atoms with E-state index in [0.717, 1.165) is 5.56 Å². The minimum atomic E-state index is -0.360. The van der Waals surface area contributed by atoms with Crippen LogP contribution in [0.3, 0.4) is 0 Å². The van der Waals surface area contributed by atoms with Crippen molar-refractivity contribution in [2.24, 2.45) is 0 Å². The Balaban J connectivity index is 2.25. The first kappa shape index (κ1) is 14.4. The van der Waals surface area contributed by atoms with Gasteiger partial charge in [-0.25, -0.2) is 4.39 Å². The highest BCUT2D eigenvalue weighted by Crippen LogP contribution is 2.31. The average molecular weight is 319 g/mol. The van der Waals surface area contributed by atoms with E-state index < -0.39 is 0 Å². The highest BCUT2D eigenvalue weighted by Gasteiger charge is 2.12. The molecule has 1 nitrogen and oxygen atoms in total. The fraction of sp³-hybridized carbons (Fsp3) is 0.143. The lowest BCUT2D eigenvalue weighted by molar-refractivity contribution is 0.626. The second kappa shape index (κ2) is 6.00. The van der Waals surface area contributed by atoms with Crippen LogP contribution >= 0.6 is 34.8 Å². The Morgan fingerprint density at radius 1 is 1.00 bits per heavy atom. The monoisotopic (exact) mass is 317 g/mol. The first-order valence-corrected chi connectivity index (χ1v) is 6.77. The summed E-state index contributed by atoms with van der Waals surface area (Å²) in [5.41, 5.74) is 1.50. The van der Waals surface area contributed by atoms with Crippen molar-refractivity contribution >= 4 is 40.5 Å². The lowest BCUT2D eigenvalue weighted by Crippen LogP contribution is -2.07. The van der Waals surface area contributed by atoms with Crippen LogP contribution in [0.2, 0.25) is 15.1 Å². The van der Waals surface area contributed by atoms with Crippen molar-refractivity contribution in [3.63, 3.8) is 0 Å². The minimum absolute atomic E-state index is 0.121. The summed E-state index contributed by atoms with van der Waals surface area (Å²) >= 11 is 18.0. The van der Waals surface area contributed by atoms with E-state index in [1.807, 2.05) is 6.92 Å². The molecule has 2 rings (SSSR count). The third-order valence-corrected chi connectivity index (χ3v) is 3.62. The maximum Gasteiger partial charge on any atom is 0.124 e. The molecule has 0 spiro atoms. The molecule has 0 aliphatic rings. The van der Waals surface area contributed by atoms with E-state index in [0.29, 0.717) is 20.8 Å². The summed E-state index contributed by atoms with van der Waals surface area (Å²) in [6.07, 6.45) is 0. The van der Waals surface area contributed by atoms with Crippen molar-refractivity contribution < 1.29 is 4.39 Å². The van der Waals surface area contributed by atoms with E-state index in [-0.39, 0.29) is 11.9 Å². The molecule has 0 aromatic heterocycles. The SMILES string of the molecule is CC(Nc1cc(Cl)ccc1Cl)c1ccc(F)cc1Cl. The van der Waals surface area contributed by atoms with Crippen LogP contribution < -0.4 is 5.32 Å². The Labute approximate surface area is 126 Å². The van der Waals surface area contributed by atoms with Gasteiger partial charge in [-0.05, 0) is 42.8 Å². The highest BCUT2D eigenvalue weighted by molar-refractivity contribution is 6.35. The van der Waals surface area contributed by atoms with Gasteiger partial charge in [-0.2, -0.15) is 0 Å². The molecular weight excluding hydrogens is 308 g/mol. The Morgan fingerprint density at radius 3 is 2.42 bits per heavy atom. The van der Waals surface area contributed by atoms with Gasteiger partial charge >= 0.3 is 0 Å². The summed E-state index contributed by atoms with van der Waals surface area (Å²) in [4.78, 5) is 0. The van der Waals surface area contributed by atoms with Gasteiger partial charge in [0.2, 0.25) is 0 Å². The van der Waals surface area contributed by atoms with Gasteiger partial charge in [0.05, 0.1) is 16.8 Å². The third kappa shape index (κ3) is 3.53. The smallest absolute Gasteiger partial charge is 0.124 e. The molecule has 0 heterocycles. The van der Waals surface area contributed by atoms with Gasteiger partial charge in [-0.3, -0.25) is 0 Å². The molecule has 0 bridgehead atoms. The molecule has 1 unspecified atom stereocenters. The largest absolute Gasteiger partial charge is 0.377 e. The summed E-state index contributed by atoms with van der Waals surface area (Å²) in [6, 6.07) is 9.35. The predicted molar refractivity (Wildman–Crippen MR) is 79.9 cm³/mol. The predicted octanol–water partition coefficient (Wildman–Crippen LogP) is 5.96. The number of halogens is 4. The molecular formula is C14H11Cl3FN. The highest BCUT2D eigenvalue weighted by atomic mass is 35.5. The zero-order valence-corrected chi connectivity index (χ0v) is 12.3. The molecule has 0 fully saturated rings. The number of hydrogen-bond donors (Lipinski definition) is 1. The van der Waals surface area contributed by atoms with Crippen LogP contribution in [0.5, 0.6) is 0 Å². The van der Waals surface area contributed by atoms with Crippen LogP contribution in [-0.2, 0) is 0 Å². The molecule has 0 saturated carbocycles. The van der Waals surface area contributed by atoms with Crippen LogP contribution in [-0.4, -0.2) is 0 Å². The summed E-state index contributed by atoms with van der Waals surface area (Å²) in [6.45, 7) is 1.91. The molecule has 19 heavy (non-hydrogen) atoms. The van der Waals surface area contributed by atoms with Crippen LogP contribution in [0.4, 0.5) is 10.1 Å². The van der Waals surface area contributed by atoms with Gasteiger partial charge in [0.15, 0.2) is 0 Å². The zero-order valence-electron chi connectivity index (χ0n) is 10.1. The number of anilines is 1. The van der Waals surface area contributed by atoms with Crippen molar-refractivity contribution in [3.8, 4) is 0 Å². The number of nitrogens with one attached hydrogen (secondary N) is 1. The van der Waals surface area contributed by atoms with E-state index in [1.165, 1.54) is 12.1 Å². The van der Waals surface area contributed by atoms with Crippen molar-refractivity contribution in [2.75, 3.05) is 5.32 Å². The van der Waals surface area contributed by atoms with E-state index in [4.69, 9.17) is 34.8 Å². The van der Waals surface area contributed by atoms with Crippen molar-refractivity contribution in [1.29, 1.82) is 0 Å². The summed E-state index contributed by atoms with van der Waals surface area (Å²) in [5.74, 6) is -0.360.